The second-order valence-corrected chi connectivity index (χ2v) is 2.98. The van der Waals surface area contributed by atoms with Crippen LogP contribution >= 0.6 is 0 Å². The summed E-state index contributed by atoms with van der Waals surface area (Å²) in [5, 5.41) is 0. The molecule has 1 aromatic heterocycles. The van der Waals surface area contributed by atoms with Crippen LogP contribution in [-0.4, -0.2) is 0 Å². The second-order valence-electron chi connectivity index (χ2n) is 2.98. The molecule has 0 aliphatic rings. The van der Waals surface area contributed by atoms with Gasteiger partial charge in [-0.3, -0.25) is 0 Å². The molecule has 0 atom stereocenters. The van der Waals surface area contributed by atoms with Crippen molar-refractivity contribution in [2.45, 2.75) is 26.7 Å². The molecule has 0 bridgehead atoms. The summed E-state index contributed by atoms with van der Waals surface area (Å²) in [6.45, 7) is 7.95. The summed E-state index contributed by atoms with van der Waals surface area (Å²) >= 11 is 0. The summed E-state index contributed by atoms with van der Waals surface area (Å²) in [6.07, 6.45) is 3.74. The van der Waals surface area contributed by atoms with Crippen LogP contribution in [0.2, 0.25) is 0 Å². The van der Waals surface area contributed by atoms with E-state index in [1.54, 1.807) is 6.26 Å². The number of hydrogen-bond donors (Lipinski definition) is 0. The Hall–Kier alpha value is -0.980. The van der Waals surface area contributed by atoms with Gasteiger partial charge in [-0.05, 0) is 31.9 Å². The average molecular weight is 150 g/mol. The van der Waals surface area contributed by atoms with E-state index in [-0.39, 0.29) is 0 Å². The minimum atomic E-state index is 0.980. The molecule has 1 heteroatoms. The Labute approximate surface area is 67.7 Å². The molecule has 0 amide bonds. The molecule has 0 spiro atoms. The van der Waals surface area contributed by atoms with Crippen LogP contribution in [0.25, 0.3) is 0 Å². The second kappa shape index (κ2) is 3.42. The smallest absolute Gasteiger partial charge is 0.106 e. The molecule has 60 valence electrons. The summed E-state index contributed by atoms with van der Waals surface area (Å²) in [6, 6.07) is 1.99. The van der Waals surface area contributed by atoms with Gasteiger partial charge in [-0.2, -0.15) is 0 Å². The van der Waals surface area contributed by atoms with Gasteiger partial charge in [-0.1, -0.05) is 5.57 Å². The maximum absolute atomic E-state index is 5.27. The van der Waals surface area contributed by atoms with Gasteiger partial charge >= 0.3 is 0 Å². The lowest BCUT2D eigenvalue weighted by atomic mass is 10.1. The van der Waals surface area contributed by atoms with Crippen LogP contribution in [0.4, 0.5) is 0 Å². The zero-order valence-corrected chi connectivity index (χ0v) is 7.18. The molecule has 0 radical (unpaired) electrons. The molecule has 1 aromatic rings. The summed E-state index contributed by atoms with van der Waals surface area (Å²) in [7, 11) is 0. The molecule has 0 saturated carbocycles. The monoisotopic (exact) mass is 150 g/mol. The van der Waals surface area contributed by atoms with Crippen LogP contribution in [0.15, 0.2) is 28.9 Å². The molecule has 0 aromatic carbocycles. The van der Waals surface area contributed by atoms with Crippen molar-refractivity contribution >= 4 is 0 Å². The standard InChI is InChI=1S/C10H14O/c1-8(2)4-5-10-9(3)6-7-11-10/h6-7H,1,4-5H2,2-3H3. The highest BCUT2D eigenvalue weighted by Crippen LogP contribution is 2.12. The molecule has 11 heavy (non-hydrogen) atoms. The van der Waals surface area contributed by atoms with Crippen LogP contribution in [0.1, 0.15) is 24.7 Å². The minimum Gasteiger partial charge on any atom is -0.469 e. The van der Waals surface area contributed by atoms with Gasteiger partial charge in [0.1, 0.15) is 5.76 Å². The van der Waals surface area contributed by atoms with E-state index in [1.807, 2.05) is 13.0 Å². The largest absolute Gasteiger partial charge is 0.469 e. The van der Waals surface area contributed by atoms with Crippen LogP contribution in [0.3, 0.4) is 0 Å². The third-order valence-corrected chi connectivity index (χ3v) is 1.75. The number of furan rings is 1. The van der Waals surface area contributed by atoms with Crippen LogP contribution in [0, 0.1) is 6.92 Å². The van der Waals surface area contributed by atoms with E-state index >= 15 is 0 Å². The number of allylic oxidation sites excluding steroid dienone is 1. The first-order valence-corrected chi connectivity index (χ1v) is 3.87. The lowest BCUT2D eigenvalue weighted by molar-refractivity contribution is 0.505. The molecule has 0 aliphatic heterocycles. The van der Waals surface area contributed by atoms with Crippen LogP contribution in [-0.2, 0) is 6.42 Å². The Balaban J connectivity index is 2.51. The van der Waals surface area contributed by atoms with Crippen molar-refractivity contribution in [1.82, 2.24) is 0 Å². The number of rotatable bonds is 3. The average Bonchev–Trinajstić information content (AvgIpc) is 2.31. The Bertz CT molecular complexity index is 245. The molecule has 0 saturated heterocycles. The Morgan fingerprint density at radius 1 is 1.64 bits per heavy atom. The van der Waals surface area contributed by atoms with Gasteiger partial charge in [-0.15, -0.1) is 6.58 Å². The molecule has 0 N–H and O–H groups in total. The third kappa shape index (κ3) is 2.26. The fourth-order valence-electron chi connectivity index (χ4n) is 0.987. The van der Waals surface area contributed by atoms with Gasteiger partial charge in [0.05, 0.1) is 6.26 Å². The molecular formula is C10H14O. The van der Waals surface area contributed by atoms with Crippen molar-refractivity contribution in [2.75, 3.05) is 0 Å². The van der Waals surface area contributed by atoms with E-state index in [2.05, 4.69) is 13.5 Å². The molecule has 0 fully saturated rings. The van der Waals surface area contributed by atoms with E-state index in [0.29, 0.717) is 0 Å². The van der Waals surface area contributed by atoms with Crippen molar-refractivity contribution in [3.63, 3.8) is 0 Å². The molecule has 1 heterocycles. The lowest BCUT2D eigenvalue weighted by Gasteiger charge is -1.97. The minimum absolute atomic E-state index is 0.980. The molecule has 0 unspecified atom stereocenters. The van der Waals surface area contributed by atoms with Crippen molar-refractivity contribution in [2.24, 2.45) is 0 Å². The maximum atomic E-state index is 5.27. The SMILES string of the molecule is C=C(C)CCc1occc1C. The predicted octanol–water partition coefficient (Wildman–Crippen LogP) is 3.10. The number of aryl methyl sites for hydroxylation is 2. The summed E-state index contributed by atoms with van der Waals surface area (Å²) in [4.78, 5) is 0. The predicted molar refractivity (Wildman–Crippen MR) is 46.6 cm³/mol. The summed E-state index contributed by atoms with van der Waals surface area (Å²) in [5.74, 6) is 1.09. The van der Waals surface area contributed by atoms with Crippen molar-refractivity contribution in [3.05, 3.63) is 35.8 Å². The van der Waals surface area contributed by atoms with Crippen LogP contribution in [0.5, 0.6) is 0 Å². The quantitative estimate of drug-likeness (QED) is 0.603. The lowest BCUT2D eigenvalue weighted by Crippen LogP contribution is -1.84. The third-order valence-electron chi connectivity index (χ3n) is 1.75. The van der Waals surface area contributed by atoms with Gasteiger partial charge in [0.25, 0.3) is 0 Å². The van der Waals surface area contributed by atoms with Crippen molar-refractivity contribution in [3.8, 4) is 0 Å². The summed E-state index contributed by atoms with van der Waals surface area (Å²) in [5.41, 5.74) is 2.45. The highest BCUT2D eigenvalue weighted by atomic mass is 16.3. The maximum Gasteiger partial charge on any atom is 0.106 e. The highest BCUT2D eigenvalue weighted by Gasteiger charge is 2.00. The van der Waals surface area contributed by atoms with E-state index in [1.165, 1.54) is 11.1 Å². The zero-order valence-electron chi connectivity index (χ0n) is 7.18. The van der Waals surface area contributed by atoms with E-state index < -0.39 is 0 Å². The Kier molecular flexibility index (Phi) is 2.53. The van der Waals surface area contributed by atoms with E-state index in [0.717, 1.165) is 18.6 Å². The van der Waals surface area contributed by atoms with Gasteiger partial charge in [0.2, 0.25) is 0 Å². The van der Waals surface area contributed by atoms with Gasteiger partial charge in [0.15, 0.2) is 0 Å². The topological polar surface area (TPSA) is 13.1 Å². The fraction of sp³-hybridized carbons (Fsp3) is 0.400. The first-order chi connectivity index (χ1) is 5.20. The number of hydrogen-bond acceptors (Lipinski definition) is 1. The van der Waals surface area contributed by atoms with Crippen LogP contribution < -0.4 is 0 Å². The van der Waals surface area contributed by atoms with Crippen molar-refractivity contribution in [1.29, 1.82) is 0 Å². The zero-order chi connectivity index (χ0) is 8.27. The van der Waals surface area contributed by atoms with E-state index in [9.17, 15) is 0 Å². The van der Waals surface area contributed by atoms with E-state index in [4.69, 9.17) is 4.42 Å². The first-order valence-electron chi connectivity index (χ1n) is 3.87. The molecule has 1 rings (SSSR count). The van der Waals surface area contributed by atoms with Crippen molar-refractivity contribution < 1.29 is 4.42 Å². The molecule has 1 nitrogen and oxygen atoms in total. The van der Waals surface area contributed by atoms with Gasteiger partial charge in [-0.25, -0.2) is 0 Å². The summed E-state index contributed by atoms with van der Waals surface area (Å²) < 4.78 is 5.27. The van der Waals surface area contributed by atoms with Gasteiger partial charge < -0.3 is 4.42 Å². The Morgan fingerprint density at radius 3 is 2.82 bits per heavy atom. The first kappa shape index (κ1) is 8.12. The molecular weight excluding hydrogens is 136 g/mol. The van der Waals surface area contributed by atoms with Gasteiger partial charge in [0, 0.05) is 6.42 Å². The normalized spacial score (nSPS) is 10.0. The molecule has 0 aliphatic carbocycles. The Morgan fingerprint density at radius 2 is 2.36 bits per heavy atom. The highest BCUT2D eigenvalue weighted by molar-refractivity contribution is 5.15. The fourth-order valence-corrected chi connectivity index (χ4v) is 0.987.